The molecule has 2 aromatic heterocycles. The van der Waals surface area contributed by atoms with E-state index in [0.29, 0.717) is 31.0 Å². The van der Waals surface area contributed by atoms with Crippen molar-refractivity contribution >= 4 is 17.5 Å². The van der Waals surface area contributed by atoms with Crippen molar-refractivity contribution in [3.8, 4) is 11.3 Å². The quantitative estimate of drug-likeness (QED) is 0.656. The molecule has 0 bridgehead atoms. The van der Waals surface area contributed by atoms with Gasteiger partial charge in [0.15, 0.2) is 5.65 Å². The zero-order chi connectivity index (χ0) is 23.9. The molecule has 174 valence electrons. The fourth-order valence-corrected chi connectivity index (χ4v) is 4.16. The van der Waals surface area contributed by atoms with Gasteiger partial charge in [-0.1, -0.05) is 13.8 Å². The summed E-state index contributed by atoms with van der Waals surface area (Å²) in [6, 6.07) is 7.84. The number of benzene rings is 1. The third-order valence-electron chi connectivity index (χ3n) is 5.99. The van der Waals surface area contributed by atoms with Crippen LogP contribution in [0.1, 0.15) is 49.7 Å². The number of carbonyl (C=O) groups is 2. The van der Waals surface area contributed by atoms with Crippen LogP contribution in [-0.2, 0) is 4.79 Å². The molecule has 33 heavy (non-hydrogen) atoms. The Kier molecular flexibility index (Phi) is 6.16. The molecule has 1 saturated heterocycles. The van der Waals surface area contributed by atoms with Crippen LogP contribution in [0.15, 0.2) is 36.5 Å². The summed E-state index contributed by atoms with van der Waals surface area (Å²) in [6.07, 6.45) is 0.554. The average Bonchev–Trinajstić information content (AvgIpc) is 3.21. The molecule has 9 heteroatoms. The minimum absolute atomic E-state index is 0.134. The Labute approximate surface area is 191 Å². The predicted octanol–water partition coefficient (Wildman–Crippen LogP) is 2.71. The van der Waals surface area contributed by atoms with Crippen LogP contribution in [0, 0.1) is 5.82 Å². The first-order valence-corrected chi connectivity index (χ1v) is 11.1. The van der Waals surface area contributed by atoms with Crippen LogP contribution in [0.3, 0.4) is 0 Å². The van der Waals surface area contributed by atoms with Crippen molar-refractivity contribution in [3.63, 3.8) is 0 Å². The van der Waals surface area contributed by atoms with Crippen LogP contribution >= 0.6 is 0 Å². The minimum atomic E-state index is -1.07. The van der Waals surface area contributed by atoms with Crippen molar-refractivity contribution < 1.29 is 19.1 Å². The zero-order valence-corrected chi connectivity index (χ0v) is 19.2. The Bertz CT molecular complexity index is 1190. The van der Waals surface area contributed by atoms with E-state index in [-0.39, 0.29) is 35.3 Å². The monoisotopic (exact) mass is 453 g/mol. The summed E-state index contributed by atoms with van der Waals surface area (Å²) in [6.45, 7) is 8.46. The molecule has 2 atom stereocenters. The zero-order valence-electron chi connectivity index (χ0n) is 19.2. The third kappa shape index (κ3) is 4.45. The van der Waals surface area contributed by atoms with E-state index in [1.807, 2.05) is 26.8 Å². The number of amides is 2. The highest BCUT2D eigenvalue weighted by Crippen LogP contribution is 2.26. The van der Waals surface area contributed by atoms with E-state index in [0.717, 1.165) is 11.1 Å². The van der Waals surface area contributed by atoms with Gasteiger partial charge in [-0.25, -0.2) is 13.9 Å². The molecule has 1 N–H and O–H groups in total. The van der Waals surface area contributed by atoms with Crippen molar-refractivity contribution in [1.29, 1.82) is 0 Å². The van der Waals surface area contributed by atoms with E-state index in [9.17, 15) is 19.1 Å². The lowest BCUT2D eigenvalue weighted by molar-refractivity contribution is -0.143. The van der Waals surface area contributed by atoms with E-state index in [4.69, 9.17) is 0 Å². The molecule has 1 aliphatic heterocycles. The molecule has 0 spiro atoms. The smallest absolute Gasteiger partial charge is 0.274 e. The van der Waals surface area contributed by atoms with Gasteiger partial charge in [-0.05, 0) is 50.1 Å². The fraction of sp³-hybridized carbons (Fsp3) is 0.417. The average molecular weight is 454 g/mol. The molecule has 1 aliphatic rings. The van der Waals surface area contributed by atoms with Gasteiger partial charge in [0, 0.05) is 36.8 Å². The first kappa shape index (κ1) is 22.8. The van der Waals surface area contributed by atoms with Crippen LogP contribution in [0.2, 0.25) is 0 Å². The molecule has 4 rings (SSSR count). The molecule has 1 fully saturated rings. The molecule has 1 unspecified atom stereocenters. The van der Waals surface area contributed by atoms with Gasteiger partial charge < -0.3 is 14.9 Å². The van der Waals surface area contributed by atoms with Crippen LogP contribution < -0.4 is 0 Å². The second-order valence-corrected chi connectivity index (χ2v) is 8.85. The van der Waals surface area contributed by atoms with Crippen LogP contribution in [0.5, 0.6) is 0 Å². The van der Waals surface area contributed by atoms with Gasteiger partial charge in [0.2, 0.25) is 0 Å². The largest absolute Gasteiger partial charge is 0.384 e. The number of halogens is 1. The number of aliphatic hydroxyl groups excluding tert-OH is 1. The lowest BCUT2D eigenvalue weighted by atomic mass is 10.0. The number of nitrogens with zero attached hydrogens (tertiary/aromatic N) is 5. The van der Waals surface area contributed by atoms with Gasteiger partial charge >= 0.3 is 0 Å². The summed E-state index contributed by atoms with van der Waals surface area (Å²) in [5, 5.41) is 14.2. The fourth-order valence-electron chi connectivity index (χ4n) is 4.16. The number of imidazole rings is 1. The Balaban J connectivity index is 1.63. The highest BCUT2D eigenvalue weighted by atomic mass is 19.1. The third-order valence-corrected chi connectivity index (χ3v) is 5.99. The molecular weight excluding hydrogens is 425 g/mol. The van der Waals surface area contributed by atoms with Crippen molar-refractivity contribution in [1.82, 2.24) is 24.4 Å². The second kappa shape index (κ2) is 8.90. The number of rotatable bonds is 4. The van der Waals surface area contributed by atoms with Crippen molar-refractivity contribution in [2.75, 3.05) is 19.6 Å². The number of aliphatic hydroxyl groups is 1. The maximum atomic E-state index is 13.4. The Morgan fingerprint density at radius 3 is 2.45 bits per heavy atom. The number of fused-ring (bicyclic) bond motifs is 1. The number of hydrogen-bond donors (Lipinski definition) is 1. The number of carbonyl (C=O) groups excluding carboxylic acids is 2. The van der Waals surface area contributed by atoms with Gasteiger partial charge in [0.1, 0.15) is 17.6 Å². The van der Waals surface area contributed by atoms with Gasteiger partial charge in [-0.2, -0.15) is 5.10 Å². The second-order valence-electron chi connectivity index (χ2n) is 8.85. The normalized spacial score (nSPS) is 17.6. The molecule has 3 aromatic rings. The first-order chi connectivity index (χ1) is 15.7. The van der Waals surface area contributed by atoms with E-state index in [1.54, 1.807) is 32.6 Å². The molecule has 0 aliphatic carbocycles. The SMILES string of the molecule is CC(O)C(=O)N1CCN(C(=O)c2cn3nc(-c4ccc(F)cc4)cc(C(C)C)c3n2)C[C@@H]1C. The molecule has 2 amide bonds. The molecule has 3 heterocycles. The minimum Gasteiger partial charge on any atom is -0.384 e. The summed E-state index contributed by atoms with van der Waals surface area (Å²) in [7, 11) is 0. The van der Waals surface area contributed by atoms with Crippen LogP contribution in [-0.4, -0.2) is 73.1 Å². The number of aromatic nitrogens is 3. The van der Waals surface area contributed by atoms with Gasteiger partial charge in [0.25, 0.3) is 11.8 Å². The van der Waals surface area contributed by atoms with Gasteiger partial charge in [-0.15, -0.1) is 0 Å². The Hall–Kier alpha value is -3.33. The van der Waals surface area contributed by atoms with E-state index in [2.05, 4.69) is 10.1 Å². The lowest BCUT2D eigenvalue weighted by Gasteiger charge is -2.40. The number of hydrogen-bond acceptors (Lipinski definition) is 5. The van der Waals surface area contributed by atoms with E-state index < -0.39 is 6.10 Å². The van der Waals surface area contributed by atoms with E-state index >= 15 is 0 Å². The van der Waals surface area contributed by atoms with Crippen molar-refractivity contribution in [2.24, 2.45) is 0 Å². The standard InChI is InChI=1S/C24H28FN5O3/c1-14(2)19-11-20(17-5-7-18(25)8-6-17)27-30-13-21(26-22(19)30)24(33)28-9-10-29(15(3)12-28)23(32)16(4)31/h5-8,11,13-16,31H,9-10,12H2,1-4H3/t15-,16?/m0/s1. The lowest BCUT2D eigenvalue weighted by Crippen LogP contribution is -2.57. The highest BCUT2D eigenvalue weighted by Gasteiger charge is 2.32. The summed E-state index contributed by atoms with van der Waals surface area (Å²) < 4.78 is 15.0. The van der Waals surface area contributed by atoms with Crippen LogP contribution in [0.25, 0.3) is 16.9 Å². The number of piperazine rings is 1. The van der Waals surface area contributed by atoms with Crippen LogP contribution in [0.4, 0.5) is 4.39 Å². The molecule has 0 saturated carbocycles. The van der Waals surface area contributed by atoms with E-state index in [1.165, 1.54) is 19.1 Å². The summed E-state index contributed by atoms with van der Waals surface area (Å²) >= 11 is 0. The van der Waals surface area contributed by atoms with Gasteiger partial charge in [0.05, 0.1) is 11.9 Å². The summed E-state index contributed by atoms with van der Waals surface area (Å²) in [4.78, 5) is 33.3. The molecule has 8 nitrogen and oxygen atoms in total. The topological polar surface area (TPSA) is 91.0 Å². The maximum Gasteiger partial charge on any atom is 0.274 e. The molecular formula is C24H28FN5O3. The molecule has 1 aromatic carbocycles. The summed E-state index contributed by atoms with van der Waals surface area (Å²) in [5.74, 6) is -0.741. The van der Waals surface area contributed by atoms with Crippen molar-refractivity contribution in [2.45, 2.75) is 45.8 Å². The van der Waals surface area contributed by atoms with Gasteiger partial charge in [-0.3, -0.25) is 9.59 Å². The highest BCUT2D eigenvalue weighted by molar-refractivity contribution is 5.93. The molecule has 0 radical (unpaired) electrons. The first-order valence-electron chi connectivity index (χ1n) is 11.1. The maximum absolute atomic E-state index is 13.4. The predicted molar refractivity (Wildman–Crippen MR) is 121 cm³/mol. The Morgan fingerprint density at radius 2 is 1.85 bits per heavy atom. The van der Waals surface area contributed by atoms with Crippen molar-refractivity contribution in [3.05, 3.63) is 53.6 Å². The summed E-state index contributed by atoms with van der Waals surface area (Å²) in [5.41, 5.74) is 3.26. The Morgan fingerprint density at radius 1 is 1.15 bits per heavy atom.